The third kappa shape index (κ3) is 4.29. The van der Waals surface area contributed by atoms with Gasteiger partial charge in [-0.1, -0.05) is 30.3 Å². The molecule has 0 radical (unpaired) electrons. The molecule has 0 bridgehead atoms. The SMILES string of the molecule is CC(OC(=O)c1cnn2c(-c3ccccc3)ccnc12)C(=O)Nc1ccc(N(C)C)cc1. The fraction of sp³-hybridized carbons (Fsp3) is 0.167. The molecule has 2 aromatic carbocycles. The molecule has 0 fully saturated rings. The first-order valence-corrected chi connectivity index (χ1v) is 10.1. The second kappa shape index (κ2) is 8.89. The fourth-order valence-electron chi connectivity index (χ4n) is 3.23. The first-order chi connectivity index (χ1) is 15.4. The number of nitrogens with one attached hydrogen (secondary N) is 1. The van der Waals surface area contributed by atoms with Crippen molar-refractivity contribution in [2.24, 2.45) is 0 Å². The molecule has 8 nitrogen and oxygen atoms in total. The number of carbonyl (C=O) groups excluding carboxylic acids is 2. The van der Waals surface area contributed by atoms with E-state index < -0.39 is 18.0 Å². The minimum atomic E-state index is -0.997. The van der Waals surface area contributed by atoms with Crippen LogP contribution in [0.25, 0.3) is 16.9 Å². The number of nitrogens with zero attached hydrogens (tertiary/aromatic N) is 4. The standard InChI is InChI=1S/C24H23N5O3/c1-16(23(30)27-18-9-11-19(12-10-18)28(2)3)32-24(31)20-15-26-29-21(13-14-25-22(20)29)17-7-5-4-6-8-17/h4-16H,1-3H3,(H,27,30). The van der Waals surface area contributed by atoms with Crippen LogP contribution in [0.2, 0.25) is 0 Å². The number of fused-ring (bicyclic) bond motifs is 1. The number of carbonyl (C=O) groups is 2. The van der Waals surface area contributed by atoms with Gasteiger partial charge in [-0.2, -0.15) is 5.10 Å². The molecule has 2 aromatic heterocycles. The van der Waals surface area contributed by atoms with Crippen molar-refractivity contribution in [2.75, 3.05) is 24.3 Å². The van der Waals surface area contributed by atoms with E-state index in [1.807, 2.05) is 67.5 Å². The summed E-state index contributed by atoms with van der Waals surface area (Å²) in [5, 5.41) is 7.06. The van der Waals surface area contributed by atoms with E-state index in [2.05, 4.69) is 15.4 Å². The third-order valence-corrected chi connectivity index (χ3v) is 4.99. The Kier molecular flexibility index (Phi) is 5.85. The second-order valence-corrected chi connectivity index (χ2v) is 7.47. The van der Waals surface area contributed by atoms with Crippen LogP contribution >= 0.6 is 0 Å². The van der Waals surface area contributed by atoms with Crippen molar-refractivity contribution in [3.05, 3.63) is 78.6 Å². The van der Waals surface area contributed by atoms with E-state index in [9.17, 15) is 9.59 Å². The van der Waals surface area contributed by atoms with Gasteiger partial charge in [0.15, 0.2) is 11.8 Å². The van der Waals surface area contributed by atoms with Gasteiger partial charge in [-0.05, 0) is 37.3 Å². The van der Waals surface area contributed by atoms with E-state index in [-0.39, 0.29) is 5.56 Å². The van der Waals surface area contributed by atoms with E-state index in [1.165, 1.54) is 13.1 Å². The Bertz CT molecular complexity index is 1250. The summed E-state index contributed by atoms with van der Waals surface area (Å²) in [5.41, 5.74) is 3.92. The quantitative estimate of drug-likeness (QED) is 0.471. The molecule has 162 valence electrons. The maximum Gasteiger partial charge on any atom is 0.344 e. The van der Waals surface area contributed by atoms with Gasteiger partial charge in [0.2, 0.25) is 0 Å². The predicted molar refractivity (Wildman–Crippen MR) is 123 cm³/mol. The number of esters is 1. The summed E-state index contributed by atoms with van der Waals surface area (Å²) in [6, 6.07) is 18.9. The molecule has 0 aliphatic carbocycles. The van der Waals surface area contributed by atoms with Crippen LogP contribution < -0.4 is 10.2 Å². The summed E-state index contributed by atoms with van der Waals surface area (Å²) < 4.78 is 6.98. The maximum absolute atomic E-state index is 12.8. The molecular weight excluding hydrogens is 406 g/mol. The molecule has 1 atom stereocenters. The number of ether oxygens (including phenoxy) is 1. The van der Waals surface area contributed by atoms with Crippen molar-refractivity contribution < 1.29 is 14.3 Å². The molecular formula is C24H23N5O3. The molecule has 1 unspecified atom stereocenters. The molecule has 0 saturated carbocycles. The second-order valence-electron chi connectivity index (χ2n) is 7.47. The van der Waals surface area contributed by atoms with Gasteiger partial charge in [0.25, 0.3) is 5.91 Å². The summed E-state index contributed by atoms with van der Waals surface area (Å²) in [4.78, 5) is 31.5. The molecule has 1 amide bonds. The van der Waals surface area contributed by atoms with Gasteiger partial charge in [-0.15, -0.1) is 0 Å². The lowest BCUT2D eigenvalue weighted by Crippen LogP contribution is -2.30. The molecule has 0 spiro atoms. The maximum atomic E-state index is 12.8. The monoisotopic (exact) mass is 429 g/mol. The predicted octanol–water partition coefficient (Wildman–Crippen LogP) is 3.65. The van der Waals surface area contributed by atoms with Crippen molar-refractivity contribution in [1.29, 1.82) is 0 Å². The Morgan fingerprint density at radius 3 is 2.44 bits per heavy atom. The number of aromatic nitrogens is 3. The van der Waals surface area contributed by atoms with Crippen LogP contribution in [-0.4, -0.2) is 46.7 Å². The largest absolute Gasteiger partial charge is 0.449 e. The van der Waals surface area contributed by atoms with Crippen LogP contribution in [0.15, 0.2) is 73.1 Å². The lowest BCUT2D eigenvalue weighted by Gasteiger charge is -2.15. The molecule has 0 saturated heterocycles. The molecule has 1 N–H and O–H groups in total. The number of amides is 1. The highest BCUT2D eigenvalue weighted by molar-refractivity contribution is 6.00. The van der Waals surface area contributed by atoms with Gasteiger partial charge >= 0.3 is 5.97 Å². The Balaban J connectivity index is 1.48. The Morgan fingerprint density at radius 2 is 1.75 bits per heavy atom. The van der Waals surface area contributed by atoms with Crippen molar-refractivity contribution in [3.8, 4) is 11.3 Å². The van der Waals surface area contributed by atoms with Crippen molar-refractivity contribution in [1.82, 2.24) is 14.6 Å². The molecule has 0 aliphatic heterocycles. The molecule has 4 rings (SSSR count). The Morgan fingerprint density at radius 1 is 1.03 bits per heavy atom. The summed E-state index contributed by atoms with van der Waals surface area (Å²) >= 11 is 0. The fourth-order valence-corrected chi connectivity index (χ4v) is 3.23. The highest BCUT2D eigenvalue weighted by atomic mass is 16.5. The van der Waals surface area contributed by atoms with E-state index in [1.54, 1.807) is 22.8 Å². The van der Waals surface area contributed by atoms with E-state index in [4.69, 9.17) is 4.74 Å². The average Bonchev–Trinajstić information content (AvgIpc) is 3.24. The zero-order valence-corrected chi connectivity index (χ0v) is 18.0. The van der Waals surface area contributed by atoms with Crippen LogP contribution in [0.1, 0.15) is 17.3 Å². The number of hydrogen-bond donors (Lipinski definition) is 1. The van der Waals surface area contributed by atoms with E-state index in [0.29, 0.717) is 11.3 Å². The van der Waals surface area contributed by atoms with Gasteiger partial charge in [-0.3, -0.25) is 4.79 Å². The van der Waals surface area contributed by atoms with Crippen LogP contribution in [0.3, 0.4) is 0 Å². The highest BCUT2D eigenvalue weighted by Crippen LogP contribution is 2.21. The Hall–Kier alpha value is -4.20. The number of rotatable bonds is 6. The van der Waals surface area contributed by atoms with Crippen LogP contribution in [0, 0.1) is 0 Å². The van der Waals surface area contributed by atoms with Gasteiger partial charge < -0.3 is 15.0 Å². The van der Waals surface area contributed by atoms with Gasteiger partial charge in [0.1, 0.15) is 5.56 Å². The summed E-state index contributed by atoms with van der Waals surface area (Å²) in [7, 11) is 3.88. The lowest BCUT2D eigenvalue weighted by atomic mass is 10.1. The first-order valence-electron chi connectivity index (χ1n) is 10.1. The van der Waals surface area contributed by atoms with Crippen molar-refractivity contribution in [2.45, 2.75) is 13.0 Å². The van der Waals surface area contributed by atoms with Gasteiger partial charge in [-0.25, -0.2) is 14.3 Å². The van der Waals surface area contributed by atoms with E-state index in [0.717, 1.165) is 16.9 Å². The van der Waals surface area contributed by atoms with Crippen molar-refractivity contribution >= 4 is 28.9 Å². The van der Waals surface area contributed by atoms with Crippen LogP contribution in [0.5, 0.6) is 0 Å². The molecule has 2 heterocycles. The summed E-state index contributed by atoms with van der Waals surface area (Å²) in [6.45, 7) is 1.52. The van der Waals surface area contributed by atoms with Gasteiger partial charge in [0, 0.05) is 37.2 Å². The highest BCUT2D eigenvalue weighted by Gasteiger charge is 2.23. The zero-order chi connectivity index (χ0) is 22.7. The van der Waals surface area contributed by atoms with Gasteiger partial charge in [0.05, 0.1) is 11.9 Å². The summed E-state index contributed by atoms with van der Waals surface area (Å²) in [6.07, 6.45) is 2.02. The molecule has 8 heteroatoms. The van der Waals surface area contributed by atoms with Crippen LogP contribution in [0.4, 0.5) is 11.4 Å². The topological polar surface area (TPSA) is 88.8 Å². The average molecular weight is 429 g/mol. The number of anilines is 2. The molecule has 4 aromatic rings. The number of benzene rings is 2. The minimum absolute atomic E-state index is 0.192. The molecule has 32 heavy (non-hydrogen) atoms. The molecule has 0 aliphatic rings. The number of hydrogen-bond acceptors (Lipinski definition) is 6. The normalized spacial score (nSPS) is 11.7. The minimum Gasteiger partial charge on any atom is -0.449 e. The first kappa shape index (κ1) is 21.0. The smallest absolute Gasteiger partial charge is 0.344 e. The van der Waals surface area contributed by atoms with Crippen molar-refractivity contribution in [3.63, 3.8) is 0 Å². The summed E-state index contributed by atoms with van der Waals surface area (Å²) in [5.74, 6) is -1.09. The van der Waals surface area contributed by atoms with E-state index >= 15 is 0 Å². The third-order valence-electron chi connectivity index (χ3n) is 4.99. The Labute approximate surface area is 185 Å². The zero-order valence-electron chi connectivity index (χ0n) is 18.0. The lowest BCUT2D eigenvalue weighted by molar-refractivity contribution is -0.123. The van der Waals surface area contributed by atoms with Crippen LogP contribution in [-0.2, 0) is 9.53 Å².